The van der Waals surface area contributed by atoms with Crippen LogP contribution in [0.4, 0.5) is 5.82 Å². The van der Waals surface area contributed by atoms with E-state index in [2.05, 4.69) is 15.4 Å². The van der Waals surface area contributed by atoms with E-state index >= 15 is 0 Å². The SMILES string of the molecule is CN(C)S(=O)(=O)c1ccc2nc(NN)cnc2c1. The first-order chi connectivity index (χ1) is 8.45. The summed E-state index contributed by atoms with van der Waals surface area (Å²) in [5.41, 5.74) is 3.45. The highest BCUT2D eigenvalue weighted by Crippen LogP contribution is 2.19. The normalized spacial score (nSPS) is 12.0. The van der Waals surface area contributed by atoms with Crippen LogP contribution in [0, 0.1) is 0 Å². The lowest BCUT2D eigenvalue weighted by Gasteiger charge is -2.11. The summed E-state index contributed by atoms with van der Waals surface area (Å²) in [4.78, 5) is 8.44. The van der Waals surface area contributed by atoms with Crippen LogP contribution < -0.4 is 11.3 Å². The van der Waals surface area contributed by atoms with E-state index in [1.54, 1.807) is 6.07 Å². The molecule has 0 saturated carbocycles. The minimum Gasteiger partial charge on any atom is -0.307 e. The molecule has 1 aromatic heterocycles. The highest BCUT2D eigenvalue weighted by atomic mass is 32.2. The van der Waals surface area contributed by atoms with E-state index in [9.17, 15) is 8.42 Å². The molecule has 0 bridgehead atoms. The summed E-state index contributed by atoms with van der Waals surface area (Å²) in [6.07, 6.45) is 1.44. The molecule has 0 radical (unpaired) electrons. The minimum absolute atomic E-state index is 0.183. The zero-order valence-electron chi connectivity index (χ0n) is 9.95. The summed E-state index contributed by atoms with van der Waals surface area (Å²) in [5.74, 6) is 5.65. The number of hydrogen-bond donors (Lipinski definition) is 2. The maximum Gasteiger partial charge on any atom is 0.242 e. The number of nitrogen functional groups attached to an aromatic ring is 1. The van der Waals surface area contributed by atoms with Crippen LogP contribution in [0.5, 0.6) is 0 Å². The zero-order chi connectivity index (χ0) is 13.3. The topological polar surface area (TPSA) is 101 Å². The van der Waals surface area contributed by atoms with E-state index in [1.165, 1.54) is 32.4 Å². The second kappa shape index (κ2) is 4.48. The molecular formula is C10H13N5O2S. The Bertz CT molecular complexity index is 684. The van der Waals surface area contributed by atoms with E-state index in [4.69, 9.17) is 5.84 Å². The molecule has 0 spiro atoms. The standard InChI is InChI=1S/C10H13N5O2S/c1-15(2)18(16,17)7-3-4-8-9(5-7)12-6-10(13-8)14-11/h3-6H,11H2,1-2H3,(H,13,14). The lowest BCUT2D eigenvalue weighted by atomic mass is 10.3. The van der Waals surface area contributed by atoms with Crippen molar-refractivity contribution < 1.29 is 8.42 Å². The van der Waals surface area contributed by atoms with Gasteiger partial charge in [-0.25, -0.2) is 23.5 Å². The lowest BCUT2D eigenvalue weighted by molar-refractivity contribution is 0.521. The fourth-order valence-corrected chi connectivity index (χ4v) is 2.35. The Morgan fingerprint density at radius 1 is 1.28 bits per heavy atom. The van der Waals surface area contributed by atoms with Crippen LogP contribution in [0.2, 0.25) is 0 Å². The molecule has 0 atom stereocenters. The molecule has 2 aromatic rings. The molecule has 0 aliphatic carbocycles. The maximum atomic E-state index is 11.9. The van der Waals surface area contributed by atoms with Gasteiger partial charge in [0, 0.05) is 14.1 Å². The first-order valence-electron chi connectivity index (χ1n) is 5.11. The molecule has 0 amide bonds. The van der Waals surface area contributed by atoms with Crippen molar-refractivity contribution in [1.82, 2.24) is 14.3 Å². The summed E-state index contributed by atoms with van der Waals surface area (Å²) < 4.78 is 25.0. The van der Waals surface area contributed by atoms with Crippen LogP contribution in [-0.4, -0.2) is 36.8 Å². The summed E-state index contributed by atoms with van der Waals surface area (Å²) in [6, 6.07) is 4.57. The molecule has 7 nitrogen and oxygen atoms in total. The van der Waals surface area contributed by atoms with Gasteiger partial charge in [-0.05, 0) is 18.2 Å². The van der Waals surface area contributed by atoms with Gasteiger partial charge >= 0.3 is 0 Å². The Morgan fingerprint density at radius 3 is 2.61 bits per heavy atom. The second-order valence-corrected chi connectivity index (χ2v) is 5.99. The first-order valence-corrected chi connectivity index (χ1v) is 6.55. The summed E-state index contributed by atoms with van der Waals surface area (Å²) in [6.45, 7) is 0. The molecular weight excluding hydrogens is 254 g/mol. The van der Waals surface area contributed by atoms with Crippen molar-refractivity contribution in [3.8, 4) is 0 Å². The van der Waals surface area contributed by atoms with Gasteiger partial charge in [0.15, 0.2) is 5.82 Å². The Kier molecular flexibility index (Phi) is 3.16. The fourth-order valence-electron chi connectivity index (χ4n) is 1.43. The summed E-state index contributed by atoms with van der Waals surface area (Å²) in [5, 5.41) is 0. The van der Waals surface area contributed by atoms with Crippen LogP contribution >= 0.6 is 0 Å². The summed E-state index contributed by atoms with van der Waals surface area (Å²) in [7, 11) is -0.501. The van der Waals surface area contributed by atoms with Gasteiger partial charge in [-0.2, -0.15) is 0 Å². The summed E-state index contributed by atoms with van der Waals surface area (Å²) >= 11 is 0. The van der Waals surface area contributed by atoms with Gasteiger partial charge in [-0.15, -0.1) is 0 Å². The number of anilines is 1. The van der Waals surface area contributed by atoms with Crippen LogP contribution in [0.1, 0.15) is 0 Å². The van der Waals surface area contributed by atoms with Crippen molar-refractivity contribution in [2.75, 3.05) is 19.5 Å². The Balaban J connectivity index is 2.59. The maximum absolute atomic E-state index is 11.9. The number of hydrazine groups is 1. The Hall–Kier alpha value is -1.77. The van der Waals surface area contributed by atoms with Crippen molar-refractivity contribution in [1.29, 1.82) is 0 Å². The number of aromatic nitrogens is 2. The molecule has 8 heteroatoms. The molecule has 2 rings (SSSR count). The Morgan fingerprint density at radius 2 is 2.00 bits per heavy atom. The van der Waals surface area contributed by atoms with Crippen molar-refractivity contribution in [3.63, 3.8) is 0 Å². The number of nitrogens with zero attached hydrogens (tertiary/aromatic N) is 3. The van der Waals surface area contributed by atoms with Gasteiger partial charge in [0.05, 0.1) is 22.1 Å². The van der Waals surface area contributed by atoms with Crippen LogP contribution in [0.15, 0.2) is 29.3 Å². The van der Waals surface area contributed by atoms with Gasteiger partial charge in [0.1, 0.15) is 0 Å². The van der Waals surface area contributed by atoms with Crippen molar-refractivity contribution in [3.05, 3.63) is 24.4 Å². The smallest absolute Gasteiger partial charge is 0.242 e. The van der Waals surface area contributed by atoms with E-state index in [1.807, 2.05) is 0 Å². The van der Waals surface area contributed by atoms with Crippen molar-refractivity contribution >= 4 is 26.9 Å². The minimum atomic E-state index is -3.46. The third kappa shape index (κ3) is 2.13. The van der Waals surface area contributed by atoms with Gasteiger partial charge in [0.2, 0.25) is 10.0 Å². The zero-order valence-corrected chi connectivity index (χ0v) is 10.8. The third-order valence-electron chi connectivity index (χ3n) is 2.44. The number of rotatable bonds is 3. The number of hydrogen-bond acceptors (Lipinski definition) is 6. The van der Waals surface area contributed by atoms with E-state index in [0.717, 1.165) is 4.31 Å². The predicted molar refractivity (Wildman–Crippen MR) is 68.2 cm³/mol. The molecule has 0 unspecified atom stereocenters. The third-order valence-corrected chi connectivity index (χ3v) is 4.25. The predicted octanol–water partition coefficient (Wildman–Crippen LogP) is 0.166. The fraction of sp³-hybridized carbons (Fsp3) is 0.200. The molecule has 96 valence electrons. The number of fused-ring (bicyclic) bond motifs is 1. The molecule has 0 saturated heterocycles. The second-order valence-electron chi connectivity index (χ2n) is 3.84. The van der Waals surface area contributed by atoms with Crippen LogP contribution in [-0.2, 0) is 10.0 Å². The quantitative estimate of drug-likeness (QED) is 0.607. The van der Waals surface area contributed by atoms with Gasteiger partial charge in [-0.1, -0.05) is 0 Å². The monoisotopic (exact) mass is 267 g/mol. The number of benzene rings is 1. The lowest BCUT2D eigenvalue weighted by Crippen LogP contribution is -2.22. The van der Waals surface area contributed by atoms with Gasteiger partial charge in [0.25, 0.3) is 0 Å². The molecule has 3 N–H and O–H groups in total. The van der Waals surface area contributed by atoms with Gasteiger partial charge in [-0.3, -0.25) is 4.98 Å². The molecule has 0 aliphatic rings. The van der Waals surface area contributed by atoms with Crippen molar-refractivity contribution in [2.24, 2.45) is 5.84 Å². The van der Waals surface area contributed by atoms with E-state index < -0.39 is 10.0 Å². The van der Waals surface area contributed by atoms with E-state index in [0.29, 0.717) is 16.9 Å². The molecule has 1 heterocycles. The average Bonchev–Trinajstić information content (AvgIpc) is 2.37. The van der Waals surface area contributed by atoms with Gasteiger partial charge < -0.3 is 5.43 Å². The molecule has 1 aromatic carbocycles. The molecule has 0 aliphatic heterocycles. The molecule has 0 fully saturated rings. The molecule has 18 heavy (non-hydrogen) atoms. The van der Waals surface area contributed by atoms with Crippen LogP contribution in [0.3, 0.4) is 0 Å². The first kappa shape index (κ1) is 12.7. The Labute approximate surface area is 105 Å². The van der Waals surface area contributed by atoms with Crippen molar-refractivity contribution in [2.45, 2.75) is 4.90 Å². The van der Waals surface area contributed by atoms with Crippen LogP contribution in [0.25, 0.3) is 11.0 Å². The highest BCUT2D eigenvalue weighted by molar-refractivity contribution is 7.89. The largest absolute Gasteiger partial charge is 0.307 e. The highest BCUT2D eigenvalue weighted by Gasteiger charge is 2.17. The number of sulfonamides is 1. The number of nitrogens with two attached hydrogens (primary N) is 1. The van der Waals surface area contributed by atoms with E-state index in [-0.39, 0.29) is 4.90 Å². The number of nitrogens with one attached hydrogen (secondary N) is 1. The average molecular weight is 267 g/mol.